The molecule has 0 aliphatic heterocycles. The summed E-state index contributed by atoms with van der Waals surface area (Å²) in [5.41, 5.74) is 9.11. The number of nitrogens with zero attached hydrogens (tertiary/aromatic N) is 2. The van der Waals surface area contributed by atoms with Crippen LogP contribution >= 0.6 is 15.9 Å². The van der Waals surface area contributed by atoms with Crippen LogP contribution in [0.5, 0.6) is 0 Å². The highest BCUT2D eigenvalue weighted by atomic mass is 79.9. The van der Waals surface area contributed by atoms with Crippen molar-refractivity contribution in [3.8, 4) is 0 Å². The molecule has 0 atom stereocenters. The number of aromatic nitrogens is 2. The van der Waals surface area contributed by atoms with Gasteiger partial charge in [-0.15, -0.1) is 0 Å². The van der Waals surface area contributed by atoms with E-state index in [1.807, 2.05) is 24.5 Å². The summed E-state index contributed by atoms with van der Waals surface area (Å²) in [6.45, 7) is 1.67. The highest BCUT2D eigenvalue weighted by Gasteiger charge is 2.32. The molecule has 2 aromatic rings. The lowest BCUT2D eigenvalue weighted by Crippen LogP contribution is -2.34. The van der Waals surface area contributed by atoms with E-state index >= 15 is 0 Å². The summed E-state index contributed by atoms with van der Waals surface area (Å²) in [6.07, 6.45) is 8.66. The van der Waals surface area contributed by atoms with Gasteiger partial charge in [0.25, 0.3) is 0 Å². The SMILES string of the molecule is NCC1(CNc2ccnc3cc(Br)cnc23)CCCC1. The van der Waals surface area contributed by atoms with Crippen molar-refractivity contribution in [2.45, 2.75) is 25.7 Å². The highest BCUT2D eigenvalue weighted by Crippen LogP contribution is 2.37. The predicted octanol–water partition coefficient (Wildman–Crippen LogP) is 3.32. The average Bonchev–Trinajstić information content (AvgIpc) is 2.94. The molecule has 3 N–H and O–H groups in total. The van der Waals surface area contributed by atoms with Gasteiger partial charge in [-0.1, -0.05) is 12.8 Å². The van der Waals surface area contributed by atoms with Crippen LogP contribution in [0.1, 0.15) is 25.7 Å². The lowest BCUT2D eigenvalue weighted by molar-refractivity contribution is 0.332. The van der Waals surface area contributed by atoms with Gasteiger partial charge in [-0.3, -0.25) is 9.97 Å². The van der Waals surface area contributed by atoms with Gasteiger partial charge >= 0.3 is 0 Å². The maximum atomic E-state index is 5.99. The van der Waals surface area contributed by atoms with Crippen LogP contribution in [0.4, 0.5) is 5.69 Å². The Balaban J connectivity index is 1.84. The number of halogens is 1. The molecule has 0 saturated heterocycles. The first-order chi connectivity index (χ1) is 9.72. The van der Waals surface area contributed by atoms with Gasteiger partial charge < -0.3 is 11.1 Å². The molecule has 4 nitrogen and oxygen atoms in total. The molecule has 5 heteroatoms. The Hall–Kier alpha value is -1.20. The van der Waals surface area contributed by atoms with Crippen molar-refractivity contribution in [2.75, 3.05) is 18.4 Å². The van der Waals surface area contributed by atoms with Crippen molar-refractivity contribution in [3.63, 3.8) is 0 Å². The standard InChI is InChI=1S/C15H19BrN4/c16-11-7-13-14(19-8-11)12(3-6-18-13)20-10-15(9-17)4-1-2-5-15/h3,6-8H,1-2,4-5,9-10,17H2,(H,18,20). The number of hydrogen-bond donors (Lipinski definition) is 2. The molecule has 0 radical (unpaired) electrons. The second-order valence-electron chi connectivity index (χ2n) is 5.64. The average molecular weight is 335 g/mol. The normalized spacial score (nSPS) is 17.5. The third kappa shape index (κ3) is 2.65. The first-order valence-electron chi connectivity index (χ1n) is 7.07. The van der Waals surface area contributed by atoms with Crippen molar-refractivity contribution in [1.29, 1.82) is 0 Å². The van der Waals surface area contributed by atoms with Gasteiger partial charge in [-0.2, -0.15) is 0 Å². The summed E-state index contributed by atoms with van der Waals surface area (Å²) < 4.78 is 0.948. The molecule has 3 rings (SSSR count). The Kier molecular flexibility index (Phi) is 3.89. The molecule has 106 valence electrons. The highest BCUT2D eigenvalue weighted by molar-refractivity contribution is 9.10. The molecule has 0 aromatic carbocycles. The van der Waals surface area contributed by atoms with Gasteiger partial charge in [0.1, 0.15) is 5.52 Å². The fourth-order valence-corrected chi connectivity index (χ4v) is 3.33. The zero-order valence-corrected chi connectivity index (χ0v) is 13.0. The fraction of sp³-hybridized carbons (Fsp3) is 0.467. The molecule has 0 unspecified atom stereocenters. The molecule has 20 heavy (non-hydrogen) atoms. The molecule has 1 saturated carbocycles. The van der Waals surface area contributed by atoms with Crippen LogP contribution in [0.15, 0.2) is 29.0 Å². The van der Waals surface area contributed by atoms with Crippen LogP contribution in [0.25, 0.3) is 11.0 Å². The Morgan fingerprint density at radius 3 is 2.85 bits per heavy atom. The van der Waals surface area contributed by atoms with E-state index in [4.69, 9.17) is 5.73 Å². The predicted molar refractivity (Wildman–Crippen MR) is 85.7 cm³/mol. The van der Waals surface area contributed by atoms with Crippen molar-refractivity contribution in [2.24, 2.45) is 11.1 Å². The van der Waals surface area contributed by atoms with Gasteiger partial charge in [-0.05, 0) is 52.9 Å². The Morgan fingerprint density at radius 1 is 1.30 bits per heavy atom. The van der Waals surface area contributed by atoms with Crippen LogP contribution in [0.3, 0.4) is 0 Å². The maximum Gasteiger partial charge on any atom is 0.112 e. The van der Waals surface area contributed by atoms with E-state index in [1.165, 1.54) is 25.7 Å². The first kappa shape index (κ1) is 13.8. The van der Waals surface area contributed by atoms with Crippen LogP contribution in [0, 0.1) is 5.41 Å². The van der Waals surface area contributed by atoms with Crippen molar-refractivity contribution in [1.82, 2.24) is 9.97 Å². The molecule has 1 fully saturated rings. The number of pyridine rings is 2. The van der Waals surface area contributed by atoms with Gasteiger partial charge in [0.2, 0.25) is 0 Å². The quantitative estimate of drug-likeness (QED) is 0.900. The second kappa shape index (κ2) is 5.66. The van der Waals surface area contributed by atoms with E-state index in [-0.39, 0.29) is 5.41 Å². The summed E-state index contributed by atoms with van der Waals surface area (Å²) in [6, 6.07) is 3.98. The Morgan fingerprint density at radius 2 is 2.10 bits per heavy atom. The third-order valence-electron chi connectivity index (χ3n) is 4.30. The first-order valence-corrected chi connectivity index (χ1v) is 7.86. The minimum atomic E-state index is 0.255. The van der Waals surface area contributed by atoms with E-state index < -0.39 is 0 Å². The Bertz CT molecular complexity index is 608. The number of fused-ring (bicyclic) bond motifs is 1. The molecular weight excluding hydrogens is 316 g/mol. The minimum Gasteiger partial charge on any atom is -0.383 e. The van der Waals surface area contributed by atoms with Gasteiger partial charge in [0, 0.05) is 23.4 Å². The summed E-state index contributed by atoms with van der Waals surface area (Å²) in [7, 11) is 0. The summed E-state index contributed by atoms with van der Waals surface area (Å²) in [5.74, 6) is 0. The topological polar surface area (TPSA) is 63.8 Å². The van der Waals surface area contributed by atoms with E-state index in [9.17, 15) is 0 Å². The van der Waals surface area contributed by atoms with Gasteiger partial charge in [-0.25, -0.2) is 0 Å². The molecule has 2 heterocycles. The van der Waals surface area contributed by atoms with Gasteiger partial charge in [0.15, 0.2) is 0 Å². The largest absolute Gasteiger partial charge is 0.383 e. The summed E-state index contributed by atoms with van der Waals surface area (Å²) in [4.78, 5) is 8.83. The molecule has 2 aromatic heterocycles. The van der Waals surface area contributed by atoms with Crippen molar-refractivity contribution >= 4 is 32.7 Å². The third-order valence-corrected chi connectivity index (χ3v) is 4.73. The molecular formula is C15H19BrN4. The van der Waals surface area contributed by atoms with Gasteiger partial charge in [0.05, 0.1) is 11.2 Å². The van der Waals surface area contributed by atoms with Crippen molar-refractivity contribution in [3.05, 3.63) is 29.0 Å². The lowest BCUT2D eigenvalue weighted by atomic mass is 9.86. The molecule has 0 spiro atoms. The van der Waals surface area contributed by atoms with E-state index in [0.29, 0.717) is 0 Å². The van der Waals surface area contributed by atoms with Crippen LogP contribution < -0.4 is 11.1 Å². The maximum absolute atomic E-state index is 5.99. The zero-order valence-electron chi connectivity index (χ0n) is 11.4. The van der Waals surface area contributed by atoms with Crippen LogP contribution in [-0.2, 0) is 0 Å². The van der Waals surface area contributed by atoms with Crippen molar-refractivity contribution < 1.29 is 0 Å². The number of anilines is 1. The second-order valence-corrected chi connectivity index (χ2v) is 6.56. The number of rotatable bonds is 4. The monoisotopic (exact) mass is 334 g/mol. The summed E-state index contributed by atoms with van der Waals surface area (Å²) in [5, 5.41) is 3.54. The van der Waals surface area contributed by atoms with Crippen LogP contribution in [0.2, 0.25) is 0 Å². The number of hydrogen-bond acceptors (Lipinski definition) is 4. The smallest absolute Gasteiger partial charge is 0.112 e. The van der Waals surface area contributed by atoms with E-state index in [1.54, 1.807) is 0 Å². The minimum absolute atomic E-state index is 0.255. The van der Waals surface area contributed by atoms with Crippen LogP contribution in [-0.4, -0.2) is 23.1 Å². The Labute approximate surface area is 127 Å². The van der Waals surface area contributed by atoms with E-state index in [2.05, 4.69) is 31.2 Å². The molecule has 1 aliphatic rings. The molecule has 0 amide bonds. The lowest BCUT2D eigenvalue weighted by Gasteiger charge is -2.28. The number of nitrogens with one attached hydrogen (secondary N) is 1. The number of nitrogens with two attached hydrogens (primary N) is 1. The fourth-order valence-electron chi connectivity index (χ4n) is 3.01. The zero-order chi connectivity index (χ0) is 14.0. The molecule has 0 bridgehead atoms. The molecule has 1 aliphatic carbocycles. The summed E-state index contributed by atoms with van der Waals surface area (Å²) >= 11 is 3.43. The van der Waals surface area contributed by atoms with E-state index in [0.717, 1.165) is 34.3 Å².